The summed E-state index contributed by atoms with van der Waals surface area (Å²) in [6.07, 6.45) is 2.19. The number of hydrogen-bond acceptors (Lipinski definition) is 2. The fourth-order valence-corrected chi connectivity index (χ4v) is 2.82. The van der Waals surface area contributed by atoms with Gasteiger partial charge < -0.3 is 10.4 Å². The average molecular weight is 275 g/mol. The quantitative estimate of drug-likeness (QED) is 0.868. The second-order valence-corrected chi connectivity index (χ2v) is 5.76. The van der Waals surface area contributed by atoms with Gasteiger partial charge in [0.2, 0.25) is 5.91 Å². The standard InChI is InChI=1S/C16H21NO3/c1-11-6-3-4-7-13(11)12(2)17-14(18)10-16(15(19)20)8-5-9-16/h3-4,6-7,12H,5,8-10H2,1-2H3,(H,17,18)(H,19,20). The van der Waals surface area contributed by atoms with E-state index in [1.807, 2.05) is 38.1 Å². The molecule has 1 aliphatic carbocycles. The van der Waals surface area contributed by atoms with Crippen LogP contribution in [0.1, 0.15) is 49.8 Å². The molecule has 4 heteroatoms. The molecule has 1 aromatic carbocycles. The van der Waals surface area contributed by atoms with Gasteiger partial charge in [0.05, 0.1) is 11.5 Å². The number of rotatable bonds is 5. The first kappa shape index (κ1) is 14.6. The highest BCUT2D eigenvalue weighted by atomic mass is 16.4. The molecule has 1 saturated carbocycles. The van der Waals surface area contributed by atoms with Gasteiger partial charge in [-0.05, 0) is 37.8 Å². The molecule has 1 unspecified atom stereocenters. The first-order valence-electron chi connectivity index (χ1n) is 7.03. The van der Waals surface area contributed by atoms with Gasteiger partial charge in [0.1, 0.15) is 0 Å². The molecule has 1 amide bonds. The van der Waals surface area contributed by atoms with E-state index in [9.17, 15) is 14.7 Å². The van der Waals surface area contributed by atoms with Crippen molar-refractivity contribution in [1.82, 2.24) is 5.32 Å². The minimum atomic E-state index is -0.845. The maximum atomic E-state index is 12.1. The Labute approximate surface area is 119 Å². The fraction of sp³-hybridized carbons (Fsp3) is 0.500. The normalized spacial score (nSPS) is 17.9. The zero-order valence-corrected chi connectivity index (χ0v) is 12.0. The number of benzene rings is 1. The first-order valence-corrected chi connectivity index (χ1v) is 7.03. The third kappa shape index (κ3) is 2.84. The lowest BCUT2D eigenvalue weighted by molar-refractivity contribution is -0.157. The van der Waals surface area contributed by atoms with E-state index in [2.05, 4.69) is 5.32 Å². The average Bonchev–Trinajstić information content (AvgIpc) is 2.33. The van der Waals surface area contributed by atoms with Crippen LogP contribution in [0.5, 0.6) is 0 Å². The molecule has 1 aromatic rings. The number of aryl methyl sites for hydroxylation is 1. The van der Waals surface area contributed by atoms with E-state index in [0.29, 0.717) is 12.8 Å². The number of nitrogens with one attached hydrogen (secondary N) is 1. The van der Waals surface area contributed by atoms with Crippen LogP contribution >= 0.6 is 0 Å². The Kier molecular flexibility index (Phi) is 4.12. The zero-order chi connectivity index (χ0) is 14.8. The van der Waals surface area contributed by atoms with Crippen LogP contribution in [0.25, 0.3) is 0 Å². The van der Waals surface area contributed by atoms with E-state index in [1.165, 1.54) is 0 Å². The van der Waals surface area contributed by atoms with Gasteiger partial charge in [-0.25, -0.2) is 0 Å². The van der Waals surface area contributed by atoms with Gasteiger partial charge in [-0.1, -0.05) is 30.7 Å². The van der Waals surface area contributed by atoms with E-state index in [-0.39, 0.29) is 18.4 Å². The number of amides is 1. The molecule has 0 bridgehead atoms. The third-order valence-corrected chi connectivity index (χ3v) is 4.30. The van der Waals surface area contributed by atoms with Crippen molar-refractivity contribution in [3.05, 3.63) is 35.4 Å². The lowest BCUT2D eigenvalue weighted by Gasteiger charge is -2.37. The van der Waals surface area contributed by atoms with Gasteiger partial charge >= 0.3 is 5.97 Å². The van der Waals surface area contributed by atoms with Crippen LogP contribution in [0.2, 0.25) is 0 Å². The van der Waals surface area contributed by atoms with Crippen molar-refractivity contribution in [3.63, 3.8) is 0 Å². The summed E-state index contributed by atoms with van der Waals surface area (Å²) < 4.78 is 0. The highest BCUT2D eigenvalue weighted by Crippen LogP contribution is 2.44. The predicted molar refractivity (Wildman–Crippen MR) is 76.3 cm³/mol. The number of carboxylic acid groups (broad SMARTS) is 1. The van der Waals surface area contributed by atoms with Crippen LogP contribution < -0.4 is 5.32 Å². The number of carbonyl (C=O) groups excluding carboxylic acids is 1. The molecule has 1 atom stereocenters. The minimum absolute atomic E-state index is 0.0819. The van der Waals surface area contributed by atoms with Gasteiger partial charge in [-0.3, -0.25) is 9.59 Å². The molecular formula is C16H21NO3. The summed E-state index contributed by atoms with van der Waals surface area (Å²) in [5, 5.41) is 12.2. The molecule has 2 N–H and O–H groups in total. The number of aliphatic carboxylic acids is 1. The minimum Gasteiger partial charge on any atom is -0.481 e. The van der Waals surface area contributed by atoms with Gasteiger partial charge in [0, 0.05) is 6.42 Å². The summed E-state index contributed by atoms with van der Waals surface area (Å²) in [6, 6.07) is 7.78. The maximum absolute atomic E-state index is 12.1. The summed E-state index contributed by atoms with van der Waals surface area (Å²) in [7, 11) is 0. The molecule has 0 heterocycles. The van der Waals surface area contributed by atoms with Crippen LogP contribution in [0.3, 0.4) is 0 Å². The Balaban J connectivity index is 1.98. The Morgan fingerprint density at radius 3 is 2.50 bits per heavy atom. The SMILES string of the molecule is Cc1ccccc1C(C)NC(=O)CC1(C(=O)O)CCC1. The topological polar surface area (TPSA) is 66.4 Å². The number of carbonyl (C=O) groups is 2. The smallest absolute Gasteiger partial charge is 0.310 e. The molecule has 0 aromatic heterocycles. The van der Waals surface area contributed by atoms with Crippen molar-refractivity contribution in [1.29, 1.82) is 0 Å². The predicted octanol–water partition coefficient (Wildman–Crippen LogP) is 2.82. The molecule has 0 spiro atoms. The monoisotopic (exact) mass is 275 g/mol. The highest BCUT2D eigenvalue weighted by molar-refractivity contribution is 5.85. The molecule has 4 nitrogen and oxygen atoms in total. The largest absolute Gasteiger partial charge is 0.481 e. The van der Waals surface area contributed by atoms with Crippen LogP contribution in [0, 0.1) is 12.3 Å². The van der Waals surface area contributed by atoms with Crippen molar-refractivity contribution in [2.24, 2.45) is 5.41 Å². The van der Waals surface area contributed by atoms with Crippen molar-refractivity contribution < 1.29 is 14.7 Å². The second-order valence-electron chi connectivity index (χ2n) is 5.76. The van der Waals surface area contributed by atoms with E-state index in [1.54, 1.807) is 0 Å². The molecule has 0 radical (unpaired) electrons. The Morgan fingerprint density at radius 2 is 2.00 bits per heavy atom. The molecule has 1 fully saturated rings. The first-order chi connectivity index (χ1) is 9.44. The number of hydrogen-bond donors (Lipinski definition) is 2. The van der Waals surface area contributed by atoms with E-state index in [0.717, 1.165) is 17.5 Å². The Hall–Kier alpha value is -1.84. The summed E-state index contributed by atoms with van der Waals surface area (Å²) >= 11 is 0. The van der Waals surface area contributed by atoms with E-state index in [4.69, 9.17) is 0 Å². The van der Waals surface area contributed by atoms with Crippen molar-refractivity contribution in [3.8, 4) is 0 Å². The van der Waals surface area contributed by atoms with E-state index >= 15 is 0 Å². The molecule has 20 heavy (non-hydrogen) atoms. The van der Waals surface area contributed by atoms with Gasteiger partial charge in [0.25, 0.3) is 0 Å². The molecule has 0 aliphatic heterocycles. The summed E-state index contributed by atoms with van der Waals surface area (Å²) in [5.74, 6) is -1.02. The summed E-state index contributed by atoms with van der Waals surface area (Å²) in [6.45, 7) is 3.93. The van der Waals surface area contributed by atoms with Gasteiger partial charge in [-0.2, -0.15) is 0 Å². The lowest BCUT2D eigenvalue weighted by Crippen LogP contribution is -2.43. The molecule has 0 saturated heterocycles. The molecule has 1 aliphatic rings. The van der Waals surface area contributed by atoms with Crippen LogP contribution in [0.15, 0.2) is 24.3 Å². The third-order valence-electron chi connectivity index (χ3n) is 4.30. The van der Waals surface area contributed by atoms with Crippen LogP contribution in [-0.4, -0.2) is 17.0 Å². The van der Waals surface area contributed by atoms with Crippen molar-refractivity contribution >= 4 is 11.9 Å². The fourth-order valence-electron chi connectivity index (χ4n) is 2.82. The number of carboxylic acids is 1. The Morgan fingerprint density at radius 1 is 1.35 bits per heavy atom. The molecule has 2 rings (SSSR count). The Bertz CT molecular complexity index is 520. The molecular weight excluding hydrogens is 254 g/mol. The maximum Gasteiger partial charge on any atom is 0.310 e. The van der Waals surface area contributed by atoms with Crippen LogP contribution in [-0.2, 0) is 9.59 Å². The van der Waals surface area contributed by atoms with Gasteiger partial charge in [-0.15, -0.1) is 0 Å². The van der Waals surface area contributed by atoms with Crippen molar-refractivity contribution in [2.75, 3.05) is 0 Å². The zero-order valence-electron chi connectivity index (χ0n) is 12.0. The molecule has 108 valence electrons. The van der Waals surface area contributed by atoms with Crippen molar-refractivity contribution in [2.45, 2.75) is 45.6 Å². The lowest BCUT2D eigenvalue weighted by atomic mass is 9.66. The van der Waals surface area contributed by atoms with Gasteiger partial charge in [0.15, 0.2) is 0 Å². The van der Waals surface area contributed by atoms with E-state index < -0.39 is 11.4 Å². The highest BCUT2D eigenvalue weighted by Gasteiger charge is 2.45. The van der Waals surface area contributed by atoms with Crippen LogP contribution in [0.4, 0.5) is 0 Å². The summed E-state index contributed by atoms with van der Waals surface area (Å²) in [5.41, 5.74) is 1.37. The second kappa shape index (κ2) is 5.65. The summed E-state index contributed by atoms with van der Waals surface area (Å²) in [4.78, 5) is 23.3.